The van der Waals surface area contributed by atoms with E-state index in [4.69, 9.17) is 0 Å². The Hall–Kier alpha value is -1.49. The molecule has 0 aliphatic carbocycles. The predicted molar refractivity (Wildman–Crippen MR) is 66.8 cm³/mol. The van der Waals surface area contributed by atoms with E-state index in [0.29, 0.717) is 18.2 Å². The zero-order valence-corrected chi connectivity index (χ0v) is 10.5. The average Bonchev–Trinajstić information content (AvgIpc) is 2.39. The highest BCUT2D eigenvalue weighted by Crippen LogP contribution is 2.14. The van der Waals surface area contributed by atoms with Gasteiger partial charge in [0.1, 0.15) is 5.82 Å². The van der Waals surface area contributed by atoms with Crippen LogP contribution in [0.1, 0.15) is 30.1 Å². The molecule has 98 valence electrons. The van der Waals surface area contributed by atoms with Crippen molar-refractivity contribution in [2.45, 2.75) is 25.8 Å². The maximum absolute atomic E-state index is 13.0. The molecule has 1 aliphatic rings. The van der Waals surface area contributed by atoms with Gasteiger partial charge < -0.3 is 10.2 Å². The summed E-state index contributed by atoms with van der Waals surface area (Å²) in [5, 5.41) is 3.35. The van der Waals surface area contributed by atoms with E-state index in [9.17, 15) is 9.18 Å². The van der Waals surface area contributed by atoms with Gasteiger partial charge in [0.15, 0.2) is 0 Å². The number of halogens is 1. The Labute approximate surface area is 106 Å². The molecule has 2 rings (SSSR count). The Bertz CT molecular complexity index is 422. The second-order valence-corrected chi connectivity index (χ2v) is 4.54. The van der Waals surface area contributed by atoms with Crippen LogP contribution >= 0.6 is 0 Å². The summed E-state index contributed by atoms with van der Waals surface area (Å²) in [6.45, 7) is 4.37. The number of aromatic nitrogens is 1. The SMILES string of the molecule is CCNC1CCCN(C(=O)c2cncc(F)c2)C1. The van der Waals surface area contributed by atoms with Crippen molar-refractivity contribution in [3.8, 4) is 0 Å². The molecule has 0 saturated carbocycles. The lowest BCUT2D eigenvalue weighted by Crippen LogP contribution is -2.48. The third kappa shape index (κ3) is 3.04. The fourth-order valence-corrected chi connectivity index (χ4v) is 2.33. The standard InChI is InChI=1S/C13H18FN3O/c1-2-16-12-4-3-5-17(9-12)13(18)10-6-11(14)8-15-7-10/h6-8,12,16H,2-5,9H2,1H3. The number of amides is 1. The first kappa shape index (κ1) is 13.0. The van der Waals surface area contributed by atoms with Crippen molar-refractivity contribution < 1.29 is 9.18 Å². The van der Waals surface area contributed by atoms with Crippen LogP contribution in [-0.2, 0) is 0 Å². The predicted octanol–water partition coefficient (Wildman–Crippen LogP) is 1.43. The molecule has 1 aromatic rings. The van der Waals surface area contributed by atoms with Crippen LogP contribution in [0.5, 0.6) is 0 Å². The molecule has 1 fully saturated rings. The van der Waals surface area contributed by atoms with Crippen molar-refractivity contribution in [1.29, 1.82) is 0 Å². The van der Waals surface area contributed by atoms with Gasteiger partial charge in [-0.05, 0) is 25.5 Å². The number of piperidine rings is 1. The third-order valence-corrected chi connectivity index (χ3v) is 3.15. The first-order valence-corrected chi connectivity index (χ1v) is 6.34. The summed E-state index contributed by atoms with van der Waals surface area (Å²) in [4.78, 5) is 17.7. The zero-order valence-electron chi connectivity index (χ0n) is 10.5. The number of hydrogen-bond donors (Lipinski definition) is 1. The van der Waals surface area contributed by atoms with E-state index >= 15 is 0 Å². The van der Waals surface area contributed by atoms with Crippen molar-refractivity contribution in [3.63, 3.8) is 0 Å². The largest absolute Gasteiger partial charge is 0.337 e. The molecule has 0 spiro atoms. The van der Waals surface area contributed by atoms with Crippen LogP contribution in [-0.4, -0.2) is 41.5 Å². The molecule has 0 radical (unpaired) electrons. The number of hydrogen-bond acceptors (Lipinski definition) is 3. The minimum atomic E-state index is -0.471. The van der Waals surface area contributed by atoms with Crippen LogP contribution in [0.2, 0.25) is 0 Å². The fourth-order valence-electron chi connectivity index (χ4n) is 2.33. The maximum atomic E-state index is 13.0. The molecule has 1 amide bonds. The van der Waals surface area contributed by atoms with Crippen molar-refractivity contribution in [1.82, 2.24) is 15.2 Å². The van der Waals surface area contributed by atoms with Crippen LogP contribution < -0.4 is 5.32 Å². The van der Waals surface area contributed by atoms with Gasteiger partial charge >= 0.3 is 0 Å². The van der Waals surface area contributed by atoms with Gasteiger partial charge in [0, 0.05) is 25.3 Å². The number of likely N-dealkylation sites (tertiary alicyclic amines) is 1. The number of rotatable bonds is 3. The van der Waals surface area contributed by atoms with E-state index < -0.39 is 5.82 Å². The van der Waals surface area contributed by atoms with E-state index in [0.717, 1.165) is 32.1 Å². The molecule has 1 atom stereocenters. The van der Waals surface area contributed by atoms with Crippen molar-refractivity contribution >= 4 is 5.91 Å². The molecular formula is C13H18FN3O. The highest BCUT2D eigenvalue weighted by molar-refractivity contribution is 5.94. The Kier molecular flexibility index (Phi) is 4.25. The molecule has 18 heavy (non-hydrogen) atoms. The van der Waals surface area contributed by atoms with E-state index in [-0.39, 0.29) is 5.91 Å². The Morgan fingerprint density at radius 1 is 1.61 bits per heavy atom. The lowest BCUT2D eigenvalue weighted by Gasteiger charge is -2.33. The van der Waals surface area contributed by atoms with Crippen LogP contribution in [0, 0.1) is 5.82 Å². The van der Waals surface area contributed by atoms with Gasteiger partial charge in [-0.15, -0.1) is 0 Å². The monoisotopic (exact) mass is 251 g/mol. The van der Waals surface area contributed by atoms with Crippen molar-refractivity contribution in [2.24, 2.45) is 0 Å². The van der Waals surface area contributed by atoms with Crippen LogP contribution in [0.4, 0.5) is 4.39 Å². The number of pyridine rings is 1. The summed E-state index contributed by atoms with van der Waals surface area (Å²) in [5.41, 5.74) is 0.326. The molecule has 4 nitrogen and oxygen atoms in total. The summed E-state index contributed by atoms with van der Waals surface area (Å²) in [7, 11) is 0. The zero-order chi connectivity index (χ0) is 13.0. The van der Waals surface area contributed by atoms with Gasteiger partial charge in [-0.3, -0.25) is 9.78 Å². The van der Waals surface area contributed by atoms with Gasteiger partial charge in [-0.2, -0.15) is 0 Å². The lowest BCUT2D eigenvalue weighted by molar-refractivity contribution is 0.0694. The molecule has 1 unspecified atom stereocenters. The maximum Gasteiger partial charge on any atom is 0.255 e. The first-order valence-electron chi connectivity index (χ1n) is 6.34. The number of likely N-dealkylation sites (N-methyl/N-ethyl adjacent to an activating group) is 1. The average molecular weight is 251 g/mol. The van der Waals surface area contributed by atoms with Gasteiger partial charge in [0.05, 0.1) is 11.8 Å². The molecule has 5 heteroatoms. The lowest BCUT2D eigenvalue weighted by atomic mass is 10.0. The highest BCUT2D eigenvalue weighted by Gasteiger charge is 2.24. The van der Waals surface area contributed by atoms with Crippen molar-refractivity contribution in [2.75, 3.05) is 19.6 Å². The second-order valence-electron chi connectivity index (χ2n) is 4.54. The van der Waals surface area contributed by atoms with Gasteiger partial charge in [-0.25, -0.2) is 4.39 Å². The molecule has 1 N–H and O–H groups in total. The van der Waals surface area contributed by atoms with E-state index in [1.54, 1.807) is 4.90 Å². The third-order valence-electron chi connectivity index (χ3n) is 3.15. The Morgan fingerprint density at radius 3 is 3.17 bits per heavy atom. The van der Waals surface area contributed by atoms with E-state index in [1.165, 1.54) is 12.3 Å². The van der Waals surface area contributed by atoms with E-state index in [1.807, 2.05) is 0 Å². The van der Waals surface area contributed by atoms with Crippen LogP contribution in [0.15, 0.2) is 18.5 Å². The minimum Gasteiger partial charge on any atom is -0.337 e. The second kappa shape index (κ2) is 5.91. The van der Waals surface area contributed by atoms with Gasteiger partial charge in [0.2, 0.25) is 0 Å². The molecule has 2 heterocycles. The topological polar surface area (TPSA) is 45.2 Å². The highest BCUT2D eigenvalue weighted by atomic mass is 19.1. The molecule has 1 saturated heterocycles. The Morgan fingerprint density at radius 2 is 2.44 bits per heavy atom. The summed E-state index contributed by atoms with van der Waals surface area (Å²) >= 11 is 0. The number of carbonyl (C=O) groups excluding carboxylic acids is 1. The number of nitrogens with zero attached hydrogens (tertiary/aromatic N) is 2. The van der Waals surface area contributed by atoms with Crippen LogP contribution in [0.3, 0.4) is 0 Å². The molecule has 0 aromatic carbocycles. The summed E-state index contributed by atoms with van der Waals surface area (Å²) in [6.07, 6.45) is 4.59. The molecule has 1 aliphatic heterocycles. The summed E-state index contributed by atoms with van der Waals surface area (Å²) in [6, 6.07) is 1.58. The fraction of sp³-hybridized carbons (Fsp3) is 0.538. The van der Waals surface area contributed by atoms with Gasteiger partial charge in [-0.1, -0.05) is 6.92 Å². The normalized spacial score (nSPS) is 19.9. The van der Waals surface area contributed by atoms with E-state index in [2.05, 4.69) is 17.2 Å². The number of nitrogens with one attached hydrogen (secondary N) is 1. The first-order chi connectivity index (χ1) is 8.70. The molecule has 0 bridgehead atoms. The summed E-state index contributed by atoms with van der Waals surface area (Å²) < 4.78 is 13.0. The quantitative estimate of drug-likeness (QED) is 0.884. The number of carbonyl (C=O) groups is 1. The van der Waals surface area contributed by atoms with Gasteiger partial charge in [0.25, 0.3) is 5.91 Å². The Balaban J connectivity index is 2.04. The minimum absolute atomic E-state index is 0.135. The molecule has 1 aromatic heterocycles. The van der Waals surface area contributed by atoms with Crippen molar-refractivity contribution in [3.05, 3.63) is 29.8 Å². The van der Waals surface area contributed by atoms with Crippen LogP contribution in [0.25, 0.3) is 0 Å². The summed E-state index contributed by atoms with van der Waals surface area (Å²) in [5.74, 6) is -0.606. The smallest absolute Gasteiger partial charge is 0.255 e. The molecular weight excluding hydrogens is 233 g/mol.